The van der Waals surface area contributed by atoms with Crippen LogP contribution < -0.4 is 0 Å². The molecule has 0 saturated carbocycles. The second-order valence-electron chi connectivity index (χ2n) is 2.89. The fourth-order valence-electron chi connectivity index (χ4n) is 0.972. The van der Waals surface area contributed by atoms with E-state index in [9.17, 15) is 0 Å². The van der Waals surface area contributed by atoms with Gasteiger partial charge in [-0.3, -0.25) is 4.79 Å². The maximum Gasteiger partial charge on any atom is 0.300 e. The number of methoxy groups -OCH3 is 1. The van der Waals surface area contributed by atoms with E-state index in [1.54, 1.807) is 7.11 Å². The topological polar surface area (TPSA) is 49.8 Å². The molecule has 0 saturated heterocycles. The molecule has 0 heterocycles. The predicted molar refractivity (Wildman–Crippen MR) is 57.6 cm³/mol. The predicted octanol–water partition coefficient (Wildman–Crippen LogP) is 1.46. The lowest BCUT2D eigenvalue weighted by atomic mass is 10.4. The summed E-state index contributed by atoms with van der Waals surface area (Å²) in [5.74, 6) is -0.833. The van der Waals surface area contributed by atoms with Crippen molar-refractivity contribution in [2.75, 3.05) is 33.4 Å². The molecule has 0 aromatic rings. The van der Waals surface area contributed by atoms with Crippen molar-refractivity contribution in [3.63, 3.8) is 0 Å². The van der Waals surface area contributed by atoms with Gasteiger partial charge in [0, 0.05) is 27.2 Å². The standard InChI is InChI=1S/C8H19NO.C2H4O2/c1-4-9(5-2)7-6-8-10-3;1-2(3)4/h4-8H2,1-3H3;1H3,(H,3,4). The average molecular weight is 205 g/mol. The van der Waals surface area contributed by atoms with Crippen LogP contribution in [-0.2, 0) is 9.53 Å². The SMILES string of the molecule is CC(=O)O.CCN(CC)CCCOC. The fourth-order valence-corrected chi connectivity index (χ4v) is 0.972. The second-order valence-corrected chi connectivity index (χ2v) is 2.89. The van der Waals surface area contributed by atoms with Crippen molar-refractivity contribution in [3.8, 4) is 0 Å². The summed E-state index contributed by atoms with van der Waals surface area (Å²) in [4.78, 5) is 11.4. The van der Waals surface area contributed by atoms with Crippen LogP contribution in [0, 0.1) is 0 Å². The van der Waals surface area contributed by atoms with Gasteiger partial charge in [-0.05, 0) is 19.5 Å². The van der Waals surface area contributed by atoms with Crippen LogP contribution in [0.25, 0.3) is 0 Å². The highest BCUT2D eigenvalue weighted by atomic mass is 16.5. The Morgan fingerprint density at radius 2 is 1.79 bits per heavy atom. The number of hydrogen-bond acceptors (Lipinski definition) is 3. The summed E-state index contributed by atoms with van der Waals surface area (Å²) in [6, 6.07) is 0. The summed E-state index contributed by atoms with van der Waals surface area (Å²) in [6.07, 6.45) is 1.15. The first kappa shape index (κ1) is 15.8. The van der Waals surface area contributed by atoms with Gasteiger partial charge < -0.3 is 14.7 Å². The number of rotatable bonds is 6. The summed E-state index contributed by atoms with van der Waals surface area (Å²) >= 11 is 0. The maximum atomic E-state index is 9.00. The molecule has 0 rings (SSSR count). The molecule has 0 unspecified atom stereocenters. The van der Waals surface area contributed by atoms with E-state index in [2.05, 4.69) is 18.7 Å². The molecule has 0 aliphatic carbocycles. The van der Waals surface area contributed by atoms with E-state index in [4.69, 9.17) is 14.6 Å². The lowest BCUT2D eigenvalue weighted by Gasteiger charge is -2.16. The summed E-state index contributed by atoms with van der Waals surface area (Å²) in [6.45, 7) is 9.82. The smallest absolute Gasteiger partial charge is 0.300 e. The average Bonchev–Trinajstić information content (AvgIpc) is 2.12. The molecular weight excluding hydrogens is 182 g/mol. The van der Waals surface area contributed by atoms with Crippen LogP contribution in [0.1, 0.15) is 27.2 Å². The van der Waals surface area contributed by atoms with E-state index in [1.165, 1.54) is 6.54 Å². The highest BCUT2D eigenvalue weighted by Gasteiger charge is 1.96. The number of ether oxygens (including phenoxy) is 1. The van der Waals surface area contributed by atoms with Crippen LogP contribution in [0.3, 0.4) is 0 Å². The molecule has 0 spiro atoms. The first-order chi connectivity index (χ1) is 6.58. The third kappa shape index (κ3) is 17.5. The zero-order valence-corrected chi connectivity index (χ0v) is 9.75. The largest absolute Gasteiger partial charge is 0.481 e. The minimum absolute atomic E-state index is 0.833. The molecule has 0 atom stereocenters. The van der Waals surface area contributed by atoms with Crippen molar-refractivity contribution in [2.45, 2.75) is 27.2 Å². The third-order valence-electron chi connectivity index (χ3n) is 1.72. The van der Waals surface area contributed by atoms with Crippen molar-refractivity contribution >= 4 is 5.97 Å². The van der Waals surface area contributed by atoms with Gasteiger partial charge in [0.25, 0.3) is 5.97 Å². The van der Waals surface area contributed by atoms with E-state index in [0.29, 0.717) is 0 Å². The van der Waals surface area contributed by atoms with Crippen LogP contribution in [0.5, 0.6) is 0 Å². The first-order valence-corrected chi connectivity index (χ1v) is 4.99. The fraction of sp³-hybridized carbons (Fsp3) is 0.900. The number of hydrogen-bond donors (Lipinski definition) is 1. The third-order valence-corrected chi connectivity index (χ3v) is 1.72. The number of carbonyl (C=O) groups is 1. The highest BCUT2D eigenvalue weighted by Crippen LogP contribution is 1.89. The molecule has 4 heteroatoms. The highest BCUT2D eigenvalue weighted by molar-refractivity contribution is 5.62. The Balaban J connectivity index is 0. The van der Waals surface area contributed by atoms with Crippen LogP contribution in [-0.4, -0.2) is 49.3 Å². The summed E-state index contributed by atoms with van der Waals surface area (Å²) in [7, 11) is 1.75. The van der Waals surface area contributed by atoms with Gasteiger partial charge in [0.2, 0.25) is 0 Å². The Labute approximate surface area is 86.9 Å². The molecule has 0 aliphatic rings. The van der Waals surface area contributed by atoms with Gasteiger partial charge in [-0.25, -0.2) is 0 Å². The Morgan fingerprint density at radius 3 is 2.07 bits per heavy atom. The van der Waals surface area contributed by atoms with Crippen molar-refractivity contribution in [1.29, 1.82) is 0 Å². The maximum absolute atomic E-state index is 9.00. The van der Waals surface area contributed by atoms with Crippen molar-refractivity contribution < 1.29 is 14.6 Å². The second kappa shape index (κ2) is 12.4. The zero-order chi connectivity index (χ0) is 11.4. The molecule has 0 aromatic carbocycles. The quantitative estimate of drug-likeness (QED) is 0.667. The number of aliphatic carboxylic acids is 1. The molecular formula is C10H23NO3. The summed E-state index contributed by atoms with van der Waals surface area (Å²) < 4.78 is 4.95. The van der Waals surface area contributed by atoms with Gasteiger partial charge in [-0.15, -0.1) is 0 Å². The summed E-state index contributed by atoms with van der Waals surface area (Å²) in [5.41, 5.74) is 0. The lowest BCUT2D eigenvalue weighted by Crippen LogP contribution is -2.24. The van der Waals surface area contributed by atoms with Gasteiger partial charge in [-0.2, -0.15) is 0 Å². The van der Waals surface area contributed by atoms with E-state index in [1.807, 2.05) is 0 Å². The molecule has 1 N–H and O–H groups in total. The van der Waals surface area contributed by atoms with Crippen LogP contribution in [0.4, 0.5) is 0 Å². The molecule has 4 nitrogen and oxygen atoms in total. The van der Waals surface area contributed by atoms with E-state index in [-0.39, 0.29) is 0 Å². The molecule has 0 amide bonds. The normalized spacial score (nSPS) is 9.50. The summed E-state index contributed by atoms with van der Waals surface area (Å²) in [5, 5.41) is 7.42. The minimum atomic E-state index is -0.833. The molecule has 0 radical (unpaired) electrons. The Morgan fingerprint density at radius 1 is 1.36 bits per heavy atom. The van der Waals surface area contributed by atoms with Crippen LogP contribution in [0.2, 0.25) is 0 Å². The van der Waals surface area contributed by atoms with Crippen molar-refractivity contribution in [1.82, 2.24) is 4.90 Å². The molecule has 14 heavy (non-hydrogen) atoms. The van der Waals surface area contributed by atoms with Gasteiger partial charge in [0.1, 0.15) is 0 Å². The van der Waals surface area contributed by atoms with Gasteiger partial charge in [0.05, 0.1) is 0 Å². The minimum Gasteiger partial charge on any atom is -0.481 e. The first-order valence-electron chi connectivity index (χ1n) is 4.99. The number of carboxylic acid groups (broad SMARTS) is 1. The molecule has 0 aliphatic heterocycles. The van der Waals surface area contributed by atoms with E-state index in [0.717, 1.165) is 33.0 Å². The molecule has 86 valence electrons. The van der Waals surface area contributed by atoms with Gasteiger partial charge >= 0.3 is 0 Å². The Bertz CT molecular complexity index is 121. The molecule has 0 bridgehead atoms. The van der Waals surface area contributed by atoms with Crippen LogP contribution >= 0.6 is 0 Å². The zero-order valence-electron chi connectivity index (χ0n) is 9.75. The van der Waals surface area contributed by atoms with Gasteiger partial charge in [-0.1, -0.05) is 13.8 Å². The van der Waals surface area contributed by atoms with Gasteiger partial charge in [0.15, 0.2) is 0 Å². The monoisotopic (exact) mass is 205 g/mol. The number of nitrogens with zero attached hydrogens (tertiary/aromatic N) is 1. The Kier molecular flexibility index (Phi) is 14.0. The van der Waals surface area contributed by atoms with Crippen molar-refractivity contribution in [2.24, 2.45) is 0 Å². The molecule has 0 aromatic heterocycles. The van der Waals surface area contributed by atoms with E-state index < -0.39 is 5.97 Å². The lowest BCUT2D eigenvalue weighted by molar-refractivity contribution is -0.134. The number of carboxylic acids is 1. The van der Waals surface area contributed by atoms with Crippen molar-refractivity contribution in [3.05, 3.63) is 0 Å². The van der Waals surface area contributed by atoms with Crippen LogP contribution in [0.15, 0.2) is 0 Å². The Hall–Kier alpha value is -0.610. The van der Waals surface area contributed by atoms with E-state index >= 15 is 0 Å². The molecule has 0 fully saturated rings.